The molecule has 1 amide bonds. The highest BCUT2D eigenvalue weighted by molar-refractivity contribution is 6.06. The zero-order chi connectivity index (χ0) is 27.3. The molecule has 36 heavy (non-hydrogen) atoms. The fraction of sp³-hybridized carbons (Fsp3) is 0.464. The van der Waals surface area contributed by atoms with Crippen LogP contribution in [0.3, 0.4) is 0 Å². The number of piperidine rings is 1. The highest BCUT2D eigenvalue weighted by Crippen LogP contribution is 2.34. The maximum Gasteiger partial charge on any atom is 0.246 e. The third-order valence-corrected chi connectivity index (χ3v) is 5.56. The SMILES string of the molecule is C=C.CC.CCNc1c(C(C)=N)c(-c2ccc(O)cc2)nn1C1CCCN(C(=O)/C=C/CN(C)C)C1. The first-order chi connectivity index (χ1) is 17.3. The number of anilines is 1. The van der Waals surface area contributed by atoms with Gasteiger partial charge in [0.15, 0.2) is 0 Å². The molecule has 1 aromatic heterocycles. The van der Waals surface area contributed by atoms with Gasteiger partial charge in [-0.15, -0.1) is 13.2 Å². The summed E-state index contributed by atoms with van der Waals surface area (Å²) in [6.07, 6.45) is 5.36. The molecule has 2 aromatic rings. The summed E-state index contributed by atoms with van der Waals surface area (Å²) >= 11 is 0. The molecule has 0 aliphatic carbocycles. The number of nitrogens with zero attached hydrogens (tertiary/aromatic N) is 4. The molecule has 8 heteroatoms. The number of hydrogen-bond donors (Lipinski definition) is 3. The molecule has 0 saturated carbocycles. The number of hydrogen-bond acceptors (Lipinski definition) is 6. The van der Waals surface area contributed by atoms with E-state index in [9.17, 15) is 9.90 Å². The fourth-order valence-corrected chi connectivity index (χ4v) is 4.04. The molecule has 0 bridgehead atoms. The predicted octanol–water partition coefficient (Wildman–Crippen LogP) is 5.18. The summed E-state index contributed by atoms with van der Waals surface area (Å²) in [5.74, 6) is 1.03. The summed E-state index contributed by atoms with van der Waals surface area (Å²) in [6.45, 7) is 16.5. The second kappa shape index (κ2) is 15.6. The molecule has 0 radical (unpaired) electrons. The zero-order valence-corrected chi connectivity index (χ0v) is 22.8. The van der Waals surface area contributed by atoms with Gasteiger partial charge in [0, 0.05) is 43.5 Å². The van der Waals surface area contributed by atoms with Crippen molar-refractivity contribution in [2.45, 2.75) is 46.6 Å². The van der Waals surface area contributed by atoms with E-state index in [4.69, 9.17) is 10.5 Å². The Morgan fingerprint density at radius 1 is 1.28 bits per heavy atom. The lowest BCUT2D eigenvalue weighted by molar-refractivity contribution is -0.127. The number of carbonyl (C=O) groups excluding carboxylic acids is 1. The Morgan fingerprint density at radius 3 is 2.47 bits per heavy atom. The van der Waals surface area contributed by atoms with E-state index < -0.39 is 0 Å². The van der Waals surface area contributed by atoms with Gasteiger partial charge in [0.05, 0.1) is 11.6 Å². The van der Waals surface area contributed by atoms with Crippen LogP contribution in [0.1, 0.15) is 52.1 Å². The molecule has 0 spiro atoms. The monoisotopic (exact) mass is 496 g/mol. The molecule has 1 fully saturated rings. The van der Waals surface area contributed by atoms with E-state index in [1.165, 1.54) is 0 Å². The van der Waals surface area contributed by atoms with Crippen molar-refractivity contribution in [2.24, 2.45) is 0 Å². The number of carbonyl (C=O) groups is 1. The van der Waals surface area contributed by atoms with Gasteiger partial charge < -0.3 is 25.6 Å². The average Bonchev–Trinajstić information content (AvgIpc) is 3.26. The van der Waals surface area contributed by atoms with Gasteiger partial charge in [0.2, 0.25) is 5.91 Å². The molecule has 2 heterocycles. The van der Waals surface area contributed by atoms with Crippen LogP contribution in [0.5, 0.6) is 5.75 Å². The molecule has 8 nitrogen and oxygen atoms in total. The van der Waals surface area contributed by atoms with Gasteiger partial charge in [-0.1, -0.05) is 19.9 Å². The molecule has 1 aromatic carbocycles. The van der Waals surface area contributed by atoms with Gasteiger partial charge >= 0.3 is 0 Å². The Kier molecular flexibility index (Phi) is 13.3. The number of nitrogens with one attached hydrogen (secondary N) is 2. The lowest BCUT2D eigenvalue weighted by Crippen LogP contribution is -2.40. The lowest BCUT2D eigenvalue weighted by atomic mass is 10.0. The quantitative estimate of drug-likeness (QED) is 0.266. The van der Waals surface area contributed by atoms with E-state index >= 15 is 0 Å². The molecule has 1 saturated heterocycles. The third kappa shape index (κ3) is 8.09. The number of phenols is 1. The van der Waals surface area contributed by atoms with Gasteiger partial charge in [-0.05, 0) is 65.0 Å². The van der Waals surface area contributed by atoms with Crippen molar-refractivity contribution in [2.75, 3.05) is 45.6 Å². The first-order valence-electron chi connectivity index (χ1n) is 12.6. The lowest BCUT2D eigenvalue weighted by Gasteiger charge is -2.33. The fourth-order valence-electron chi connectivity index (χ4n) is 4.04. The van der Waals surface area contributed by atoms with Crippen LogP contribution in [0.15, 0.2) is 49.6 Å². The number of amides is 1. The Balaban J connectivity index is 0.00000154. The number of phenolic OH excluding ortho intramolecular Hbond substituents is 1. The van der Waals surface area contributed by atoms with E-state index in [0.29, 0.717) is 24.5 Å². The Labute approximate surface area is 216 Å². The average molecular weight is 497 g/mol. The molecule has 1 aliphatic rings. The number of aromatic nitrogens is 2. The Hall–Kier alpha value is -3.39. The summed E-state index contributed by atoms with van der Waals surface area (Å²) in [5.41, 5.74) is 2.73. The van der Waals surface area contributed by atoms with Crippen LogP contribution in [0.2, 0.25) is 0 Å². The second-order valence-electron chi connectivity index (χ2n) is 8.46. The minimum atomic E-state index is 0.0213. The summed E-state index contributed by atoms with van der Waals surface area (Å²) in [6, 6.07) is 6.91. The number of aromatic hydroxyl groups is 1. The van der Waals surface area contributed by atoms with Crippen LogP contribution >= 0.6 is 0 Å². The van der Waals surface area contributed by atoms with Gasteiger partial charge in [0.1, 0.15) is 17.3 Å². The van der Waals surface area contributed by atoms with Crippen LogP contribution < -0.4 is 5.32 Å². The standard InChI is InChI=1S/C24H34N6O2.C2H6.C2H4/c1-5-26-24-22(17(2)25)23(18-10-12-20(31)13-11-18)27-30(24)19-8-6-15-29(16-19)21(32)9-7-14-28(3)4;2*1-2/h7,9-13,19,25-26,31H,5-6,8,14-16H2,1-4H3;1-2H3;1-2H2/b9-7+,25-17?;;. The smallest absolute Gasteiger partial charge is 0.246 e. The molecule has 3 N–H and O–H groups in total. The van der Waals surface area contributed by atoms with Crippen molar-refractivity contribution in [1.82, 2.24) is 19.6 Å². The topological polar surface area (TPSA) is 97.5 Å². The largest absolute Gasteiger partial charge is 0.508 e. The first kappa shape index (κ1) is 30.6. The minimum absolute atomic E-state index is 0.0213. The van der Waals surface area contributed by atoms with Crippen molar-refractivity contribution in [3.8, 4) is 17.0 Å². The molecule has 1 aliphatic heterocycles. The summed E-state index contributed by atoms with van der Waals surface area (Å²) in [7, 11) is 3.95. The van der Waals surface area contributed by atoms with Crippen molar-refractivity contribution in [3.63, 3.8) is 0 Å². The third-order valence-electron chi connectivity index (χ3n) is 5.56. The van der Waals surface area contributed by atoms with Gasteiger partial charge in [-0.2, -0.15) is 5.10 Å². The van der Waals surface area contributed by atoms with E-state index in [1.807, 2.05) is 67.6 Å². The van der Waals surface area contributed by atoms with Crippen molar-refractivity contribution in [3.05, 3.63) is 55.1 Å². The van der Waals surface area contributed by atoms with Gasteiger partial charge in [0.25, 0.3) is 0 Å². The normalized spacial score (nSPS) is 15.1. The molecular weight excluding hydrogens is 452 g/mol. The van der Waals surface area contributed by atoms with Crippen LogP contribution in [-0.2, 0) is 4.79 Å². The van der Waals surface area contributed by atoms with Crippen LogP contribution in [0.4, 0.5) is 5.82 Å². The predicted molar refractivity (Wildman–Crippen MR) is 151 cm³/mol. The van der Waals surface area contributed by atoms with E-state index in [1.54, 1.807) is 25.1 Å². The minimum Gasteiger partial charge on any atom is -0.508 e. The molecule has 198 valence electrons. The number of likely N-dealkylation sites (tertiary alicyclic amines) is 1. The van der Waals surface area contributed by atoms with Crippen molar-refractivity contribution < 1.29 is 9.90 Å². The molecule has 3 rings (SSSR count). The van der Waals surface area contributed by atoms with Gasteiger partial charge in [-0.3, -0.25) is 4.79 Å². The van der Waals surface area contributed by atoms with Gasteiger partial charge in [-0.25, -0.2) is 4.68 Å². The molecular formula is C28H44N6O2. The maximum atomic E-state index is 12.7. The highest BCUT2D eigenvalue weighted by atomic mass is 16.3. The van der Waals surface area contributed by atoms with E-state index in [0.717, 1.165) is 42.9 Å². The number of benzene rings is 1. The van der Waals surface area contributed by atoms with Crippen LogP contribution in [0, 0.1) is 5.41 Å². The maximum absolute atomic E-state index is 12.7. The molecule has 1 atom stereocenters. The summed E-state index contributed by atoms with van der Waals surface area (Å²) in [5, 5.41) is 26.4. The van der Waals surface area contributed by atoms with E-state index in [2.05, 4.69) is 18.5 Å². The van der Waals surface area contributed by atoms with Crippen LogP contribution in [-0.4, -0.2) is 76.6 Å². The van der Waals surface area contributed by atoms with Crippen molar-refractivity contribution >= 4 is 17.4 Å². The zero-order valence-electron chi connectivity index (χ0n) is 22.8. The summed E-state index contributed by atoms with van der Waals surface area (Å²) in [4.78, 5) is 16.6. The van der Waals surface area contributed by atoms with Crippen LogP contribution in [0.25, 0.3) is 11.3 Å². The summed E-state index contributed by atoms with van der Waals surface area (Å²) < 4.78 is 1.96. The van der Waals surface area contributed by atoms with E-state index in [-0.39, 0.29) is 17.7 Å². The Morgan fingerprint density at radius 2 is 1.92 bits per heavy atom. The second-order valence-corrected chi connectivity index (χ2v) is 8.46. The first-order valence-corrected chi connectivity index (χ1v) is 12.6. The van der Waals surface area contributed by atoms with Crippen molar-refractivity contribution in [1.29, 1.82) is 5.41 Å². The number of rotatable bonds is 8. The Bertz CT molecular complexity index is 994. The number of likely N-dealkylation sites (N-methyl/N-ethyl adjacent to an activating group) is 1. The highest BCUT2D eigenvalue weighted by Gasteiger charge is 2.29. The molecule has 1 unspecified atom stereocenters.